The fourth-order valence-electron chi connectivity index (χ4n) is 5.25. The van der Waals surface area contributed by atoms with Gasteiger partial charge in [0.25, 0.3) is 11.8 Å². The quantitative estimate of drug-likeness (QED) is 0.114. The molecule has 4 aromatic carbocycles. The minimum Gasteiger partial charge on any atom is -0.383 e. The van der Waals surface area contributed by atoms with Gasteiger partial charge in [0.2, 0.25) is 0 Å². The standard InChI is InChI=1S/C21H23N3O2.C18H20INO2.C3H4N2/c1-15-5-7-17(8-6-15)18-11-19(21(25)23-16(2)14-26-3)13-20(12-18)24-10-4-9-22-24;1-12-4-6-14(7-5-12)15-8-16(10-17(19)9-15)18(21)20-13(2)11-22-3;1-2-4-5-3-1/h4-13,16H,14H2,1-3H3,(H,23,25);4-10,13H,11H2,1-3H3,(H,20,21);1-3H,(H,4,5). The molecule has 53 heavy (non-hydrogen) atoms. The van der Waals surface area contributed by atoms with E-state index in [0.717, 1.165) is 31.5 Å². The highest BCUT2D eigenvalue weighted by atomic mass is 127. The molecule has 0 bridgehead atoms. The minimum atomic E-state index is -0.128. The van der Waals surface area contributed by atoms with Gasteiger partial charge in [-0.05, 0) is 121 Å². The number of hydrogen-bond donors (Lipinski definition) is 3. The molecule has 2 heterocycles. The summed E-state index contributed by atoms with van der Waals surface area (Å²) in [6.07, 6.45) is 7.04. The average Bonchev–Trinajstić information content (AvgIpc) is 3.91. The highest BCUT2D eigenvalue weighted by Gasteiger charge is 2.14. The number of carbonyl (C=O) groups is 2. The topological polar surface area (TPSA) is 123 Å². The van der Waals surface area contributed by atoms with E-state index >= 15 is 0 Å². The second-order valence-electron chi connectivity index (χ2n) is 12.6. The Balaban J connectivity index is 0.000000211. The number of nitrogens with zero attached hydrogens (tertiary/aromatic N) is 3. The fraction of sp³-hybridized carbons (Fsp3) is 0.238. The molecule has 0 saturated carbocycles. The SMILES string of the molecule is COCC(C)NC(=O)c1cc(-c2ccc(C)cc2)cc(-n2cccn2)c1.COCC(C)NC(=O)c1cc(I)cc(-c2ccc(C)cc2)c1.c1cn[nH]c1. The molecule has 0 saturated heterocycles. The van der Waals surface area contributed by atoms with E-state index in [9.17, 15) is 9.59 Å². The molecule has 0 aliphatic carbocycles. The Bertz CT molecular complexity index is 1980. The van der Waals surface area contributed by atoms with Gasteiger partial charge in [-0.2, -0.15) is 10.2 Å². The summed E-state index contributed by atoms with van der Waals surface area (Å²) in [5, 5.41) is 16.4. The maximum Gasteiger partial charge on any atom is 0.251 e. The van der Waals surface area contributed by atoms with Gasteiger partial charge in [-0.15, -0.1) is 0 Å². The normalized spacial score (nSPS) is 11.6. The number of carbonyl (C=O) groups excluding carboxylic acids is 2. The van der Waals surface area contributed by atoms with Crippen LogP contribution in [0.5, 0.6) is 0 Å². The van der Waals surface area contributed by atoms with E-state index in [1.165, 1.54) is 11.1 Å². The predicted octanol–water partition coefficient (Wildman–Crippen LogP) is 8.05. The van der Waals surface area contributed by atoms with Crippen molar-refractivity contribution in [3.63, 3.8) is 0 Å². The van der Waals surface area contributed by atoms with Gasteiger partial charge in [-0.3, -0.25) is 14.7 Å². The lowest BCUT2D eigenvalue weighted by molar-refractivity contribution is 0.0898. The second-order valence-corrected chi connectivity index (χ2v) is 13.9. The van der Waals surface area contributed by atoms with Crippen LogP contribution in [0.2, 0.25) is 0 Å². The summed E-state index contributed by atoms with van der Waals surface area (Å²) in [7, 11) is 3.25. The second kappa shape index (κ2) is 20.8. The van der Waals surface area contributed by atoms with E-state index in [1.807, 2.05) is 62.5 Å². The molecule has 2 atom stereocenters. The Morgan fingerprint density at radius 3 is 1.68 bits per heavy atom. The molecular formula is C42H47IN6O4. The van der Waals surface area contributed by atoms with Crippen LogP contribution in [0.15, 0.2) is 122 Å². The Morgan fingerprint density at radius 1 is 0.717 bits per heavy atom. The summed E-state index contributed by atoms with van der Waals surface area (Å²) < 4.78 is 12.9. The van der Waals surface area contributed by atoms with Gasteiger partial charge in [0.1, 0.15) is 0 Å². The lowest BCUT2D eigenvalue weighted by Gasteiger charge is -2.15. The van der Waals surface area contributed by atoms with Gasteiger partial charge in [0, 0.05) is 65.8 Å². The molecule has 0 aliphatic heterocycles. The number of halogens is 1. The van der Waals surface area contributed by atoms with Crippen molar-refractivity contribution in [3.05, 3.63) is 148 Å². The third kappa shape index (κ3) is 13.1. The Kier molecular flexibility index (Phi) is 16.0. The first-order valence-corrected chi connectivity index (χ1v) is 18.3. The number of H-pyrrole nitrogens is 1. The molecule has 2 unspecified atom stereocenters. The summed E-state index contributed by atoms with van der Waals surface area (Å²) in [6, 6.07) is 31.9. The number of aromatic nitrogens is 4. The summed E-state index contributed by atoms with van der Waals surface area (Å²) in [4.78, 5) is 25.0. The maximum absolute atomic E-state index is 12.7. The molecule has 276 valence electrons. The average molecular weight is 827 g/mol. The van der Waals surface area contributed by atoms with Crippen LogP contribution in [0.3, 0.4) is 0 Å². The molecule has 2 amide bonds. The third-order valence-corrected chi connectivity index (χ3v) is 8.50. The highest BCUT2D eigenvalue weighted by molar-refractivity contribution is 14.1. The summed E-state index contributed by atoms with van der Waals surface area (Å²) in [5.41, 5.74) is 8.73. The molecule has 6 aromatic rings. The molecule has 0 spiro atoms. The molecule has 0 aliphatic rings. The van der Waals surface area contributed by atoms with Crippen molar-refractivity contribution in [1.82, 2.24) is 30.6 Å². The number of rotatable bonds is 11. The minimum absolute atomic E-state index is 0.0156. The molecule has 6 rings (SSSR count). The number of aryl methyl sites for hydroxylation is 2. The summed E-state index contributed by atoms with van der Waals surface area (Å²) >= 11 is 2.24. The zero-order valence-corrected chi connectivity index (χ0v) is 33.1. The van der Waals surface area contributed by atoms with Gasteiger partial charge in [-0.1, -0.05) is 59.7 Å². The van der Waals surface area contributed by atoms with E-state index in [1.54, 1.807) is 37.5 Å². The molecular weight excluding hydrogens is 779 g/mol. The molecule has 10 nitrogen and oxygen atoms in total. The first kappa shape index (κ1) is 40.7. The third-order valence-electron chi connectivity index (χ3n) is 7.87. The van der Waals surface area contributed by atoms with Crippen molar-refractivity contribution >= 4 is 34.4 Å². The smallest absolute Gasteiger partial charge is 0.251 e. The van der Waals surface area contributed by atoms with Crippen LogP contribution in [-0.2, 0) is 9.47 Å². The van der Waals surface area contributed by atoms with Crippen LogP contribution < -0.4 is 10.6 Å². The number of hydrogen-bond acceptors (Lipinski definition) is 6. The van der Waals surface area contributed by atoms with Crippen LogP contribution in [0.25, 0.3) is 27.9 Å². The van der Waals surface area contributed by atoms with Crippen LogP contribution in [0.4, 0.5) is 0 Å². The van der Waals surface area contributed by atoms with Gasteiger partial charge >= 0.3 is 0 Å². The number of ether oxygens (including phenoxy) is 2. The van der Waals surface area contributed by atoms with Crippen molar-refractivity contribution in [2.75, 3.05) is 27.4 Å². The Morgan fingerprint density at radius 2 is 1.25 bits per heavy atom. The van der Waals surface area contributed by atoms with E-state index in [2.05, 4.69) is 117 Å². The molecule has 0 radical (unpaired) electrons. The highest BCUT2D eigenvalue weighted by Crippen LogP contribution is 2.26. The van der Waals surface area contributed by atoms with Crippen molar-refractivity contribution in [3.8, 4) is 27.9 Å². The van der Waals surface area contributed by atoms with Crippen LogP contribution in [0.1, 0.15) is 45.7 Å². The predicted molar refractivity (Wildman–Crippen MR) is 219 cm³/mol. The maximum atomic E-state index is 12.7. The van der Waals surface area contributed by atoms with Crippen molar-refractivity contribution in [2.24, 2.45) is 0 Å². The first-order valence-electron chi connectivity index (χ1n) is 17.2. The number of benzene rings is 4. The van der Waals surface area contributed by atoms with E-state index in [0.29, 0.717) is 24.3 Å². The molecule has 11 heteroatoms. The molecule has 3 N–H and O–H groups in total. The number of aromatic amines is 1. The Labute approximate surface area is 325 Å². The largest absolute Gasteiger partial charge is 0.383 e. The molecule has 2 aromatic heterocycles. The van der Waals surface area contributed by atoms with Crippen molar-refractivity contribution < 1.29 is 19.1 Å². The van der Waals surface area contributed by atoms with Gasteiger partial charge in [0.15, 0.2) is 0 Å². The van der Waals surface area contributed by atoms with E-state index in [4.69, 9.17) is 9.47 Å². The molecule has 0 fully saturated rings. The number of nitrogens with one attached hydrogen (secondary N) is 3. The van der Waals surface area contributed by atoms with Gasteiger partial charge in [-0.25, -0.2) is 4.68 Å². The lowest BCUT2D eigenvalue weighted by atomic mass is 10.0. The zero-order valence-electron chi connectivity index (χ0n) is 31.0. The van der Waals surface area contributed by atoms with Crippen molar-refractivity contribution in [2.45, 2.75) is 39.8 Å². The monoisotopic (exact) mass is 826 g/mol. The number of amides is 2. The van der Waals surface area contributed by atoms with E-state index < -0.39 is 0 Å². The lowest BCUT2D eigenvalue weighted by Crippen LogP contribution is -2.35. The number of methoxy groups -OCH3 is 2. The van der Waals surface area contributed by atoms with E-state index in [-0.39, 0.29) is 23.9 Å². The van der Waals surface area contributed by atoms with Gasteiger partial charge in [0.05, 0.1) is 18.9 Å². The van der Waals surface area contributed by atoms with Crippen LogP contribution in [0, 0.1) is 17.4 Å². The fourth-order valence-corrected chi connectivity index (χ4v) is 5.93. The Hall–Kier alpha value is -5.11. The van der Waals surface area contributed by atoms with Crippen LogP contribution >= 0.6 is 22.6 Å². The van der Waals surface area contributed by atoms with Crippen LogP contribution in [-0.4, -0.2) is 71.3 Å². The zero-order chi connectivity index (χ0) is 38.2. The summed E-state index contributed by atoms with van der Waals surface area (Å²) in [5.74, 6) is -0.201. The first-order chi connectivity index (χ1) is 25.6. The summed E-state index contributed by atoms with van der Waals surface area (Å²) in [6.45, 7) is 8.93. The van der Waals surface area contributed by atoms with Crippen molar-refractivity contribution in [1.29, 1.82) is 0 Å². The van der Waals surface area contributed by atoms with Gasteiger partial charge < -0.3 is 20.1 Å².